The van der Waals surface area contributed by atoms with Gasteiger partial charge in [-0.3, -0.25) is 0 Å². The minimum atomic E-state index is -3.15. The van der Waals surface area contributed by atoms with Gasteiger partial charge in [-0.05, 0) is 26.8 Å². The summed E-state index contributed by atoms with van der Waals surface area (Å²) in [7, 11) is -1.58. The Labute approximate surface area is 92.6 Å². The van der Waals surface area contributed by atoms with Crippen LogP contribution in [0, 0.1) is 0 Å². The van der Waals surface area contributed by atoms with Crippen LogP contribution in [0.5, 0.6) is 0 Å². The second-order valence-corrected chi connectivity index (χ2v) is 5.89. The number of rotatable bonds is 8. The third-order valence-corrected chi connectivity index (χ3v) is 3.88. The van der Waals surface area contributed by atoms with Gasteiger partial charge in [0.2, 0.25) is 10.0 Å². The van der Waals surface area contributed by atoms with E-state index in [0.717, 1.165) is 0 Å². The number of sulfonamides is 1. The largest absolute Gasteiger partial charge is 0.377 e. The lowest BCUT2D eigenvalue weighted by Gasteiger charge is -2.17. The molecule has 0 radical (unpaired) electrons. The van der Waals surface area contributed by atoms with Gasteiger partial charge < -0.3 is 10.5 Å². The van der Waals surface area contributed by atoms with E-state index in [0.29, 0.717) is 26.1 Å². The first-order valence-corrected chi connectivity index (χ1v) is 6.76. The van der Waals surface area contributed by atoms with Crippen molar-refractivity contribution in [3.8, 4) is 0 Å². The normalized spacial score (nSPS) is 12.7. The Morgan fingerprint density at radius 1 is 1.40 bits per heavy atom. The van der Waals surface area contributed by atoms with Crippen LogP contribution in [0.25, 0.3) is 0 Å². The SMILES string of the molecule is CC(C)OCCN(C)S(=O)(=O)CCCN. The topological polar surface area (TPSA) is 72.6 Å². The van der Waals surface area contributed by atoms with E-state index in [1.54, 1.807) is 7.05 Å². The van der Waals surface area contributed by atoms with E-state index >= 15 is 0 Å². The standard InChI is InChI=1S/C9H22N2O3S/c1-9(2)14-7-6-11(3)15(12,13)8-4-5-10/h9H,4-8,10H2,1-3H3. The molecule has 0 atom stereocenters. The molecular formula is C9H22N2O3S. The fourth-order valence-corrected chi connectivity index (χ4v) is 2.17. The number of hydrogen-bond acceptors (Lipinski definition) is 4. The molecule has 92 valence electrons. The maximum Gasteiger partial charge on any atom is 0.213 e. The van der Waals surface area contributed by atoms with Gasteiger partial charge in [0.25, 0.3) is 0 Å². The van der Waals surface area contributed by atoms with Crippen LogP contribution >= 0.6 is 0 Å². The molecule has 0 aromatic rings. The molecule has 0 aliphatic heterocycles. The molecule has 0 bridgehead atoms. The molecule has 0 spiro atoms. The van der Waals surface area contributed by atoms with Crippen molar-refractivity contribution in [2.45, 2.75) is 26.4 Å². The highest BCUT2D eigenvalue weighted by Gasteiger charge is 2.16. The van der Waals surface area contributed by atoms with Gasteiger partial charge in [-0.25, -0.2) is 12.7 Å². The Balaban J connectivity index is 3.91. The van der Waals surface area contributed by atoms with Gasteiger partial charge >= 0.3 is 0 Å². The van der Waals surface area contributed by atoms with Crippen molar-refractivity contribution in [2.75, 3.05) is 32.5 Å². The second kappa shape index (κ2) is 7.16. The molecule has 0 fully saturated rings. The maximum absolute atomic E-state index is 11.6. The molecule has 0 unspecified atom stereocenters. The molecule has 0 amide bonds. The minimum absolute atomic E-state index is 0.113. The van der Waals surface area contributed by atoms with Crippen molar-refractivity contribution in [1.82, 2.24) is 4.31 Å². The summed E-state index contributed by atoms with van der Waals surface area (Å²) in [6.07, 6.45) is 0.627. The first-order chi connectivity index (χ1) is 6.90. The monoisotopic (exact) mass is 238 g/mol. The van der Waals surface area contributed by atoms with Crippen molar-refractivity contribution < 1.29 is 13.2 Å². The van der Waals surface area contributed by atoms with Crippen molar-refractivity contribution in [2.24, 2.45) is 5.73 Å². The van der Waals surface area contributed by atoms with Crippen LogP contribution in [0.3, 0.4) is 0 Å². The maximum atomic E-state index is 11.6. The van der Waals surface area contributed by atoms with E-state index in [9.17, 15) is 8.42 Å². The predicted molar refractivity (Wildman–Crippen MR) is 61.2 cm³/mol. The number of nitrogens with zero attached hydrogens (tertiary/aromatic N) is 1. The zero-order valence-electron chi connectivity index (χ0n) is 9.77. The summed E-state index contributed by atoms with van der Waals surface area (Å²) in [6.45, 7) is 5.06. The molecule has 0 heterocycles. The molecule has 0 aliphatic carbocycles. The summed E-state index contributed by atoms with van der Waals surface area (Å²) >= 11 is 0. The van der Waals surface area contributed by atoms with Crippen LogP contribution in [0.4, 0.5) is 0 Å². The first kappa shape index (κ1) is 14.8. The Bertz CT molecular complexity index is 252. The molecule has 0 aliphatic rings. The number of ether oxygens (including phenoxy) is 1. The summed E-state index contributed by atoms with van der Waals surface area (Å²) < 4.78 is 29.8. The fraction of sp³-hybridized carbons (Fsp3) is 1.00. The molecule has 5 nitrogen and oxygen atoms in total. The summed E-state index contributed by atoms with van der Waals surface area (Å²) in [5, 5.41) is 0. The zero-order valence-corrected chi connectivity index (χ0v) is 10.6. The van der Waals surface area contributed by atoms with Crippen LogP contribution in [0.1, 0.15) is 20.3 Å². The molecule has 0 rings (SSSR count). The molecule has 0 aromatic carbocycles. The molecule has 0 saturated carbocycles. The average molecular weight is 238 g/mol. The molecule has 0 aromatic heterocycles. The summed E-state index contributed by atoms with van der Waals surface area (Å²) in [5.41, 5.74) is 5.27. The van der Waals surface area contributed by atoms with Gasteiger partial charge in [0.05, 0.1) is 18.5 Å². The lowest BCUT2D eigenvalue weighted by atomic mass is 10.5. The molecular weight excluding hydrogens is 216 g/mol. The average Bonchev–Trinajstić information content (AvgIpc) is 2.14. The van der Waals surface area contributed by atoms with E-state index in [1.165, 1.54) is 4.31 Å². The van der Waals surface area contributed by atoms with E-state index in [1.807, 2.05) is 13.8 Å². The van der Waals surface area contributed by atoms with Crippen LogP contribution in [0.2, 0.25) is 0 Å². The van der Waals surface area contributed by atoms with Crippen molar-refractivity contribution in [3.05, 3.63) is 0 Å². The second-order valence-electron chi connectivity index (χ2n) is 3.70. The fourth-order valence-electron chi connectivity index (χ4n) is 0.978. The number of likely N-dealkylation sites (N-methyl/N-ethyl adjacent to an activating group) is 1. The van der Waals surface area contributed by atoms with Crippen LogP contribution in [-0.4, -0.2) is 51.3 Å². The number of nitrogens with two attached hydrogens (primary N) is 1. The van der Waals surface area contributed by atoms with Crippen LogP contribution in [-0.2, 0) is 14.8 Å². The van der Waals surface area contributed by atoms with Gasteiger partial charge in [-0.1, -0.05) is 0 Å². The summed E-state index contributed by atoms with van der Waals surface area (Å²) in [4.78, 5) is 0. The van der Waals surface area contributed by atoms with Gasteiger partial charge in [0.1, 0.15) is 0 Å². The number of hydrogen-bond donors (Lipinski definition) is 1. The minimum Gasteiger partial charge on any atom is -0.377 e. The van der Waals surface area contributed by atoms with E-state index in [-0.39, 0.29) is 11.9 Å². The lowest BCUT2D eigenvalue weighted by molar-refractivity contribution is 0.0737. The highest BCUT2D eigenvalue weighted by atomic mass is 32.2. The van der Waals surface area contributed by atoms with Crippen LogP contribution < -0.4 is 5.73 Å². The molecule has 6 heteroatoms. The highest BCUT2D eigenvalue weighted by Crippen LogP contribution is 2.00. The van der Waals surface area contributed by atoms with E-state index in [2.05, 4.69) is 0 Å². The van der Waals surface area contributed by atoms with Gasteiger partial charge in [-0.15, -0.1) is 0 Å². The molecule has 15 heavy (non-hydrogen) atoms. The Kier molecular flexibility index (Phi) is 7.08. The Morgan fingerprint density at radius 3 is 2.47 bits per heavy atom. The third kappa shape index (κ3) is 6.83. The smallest absolute Gasteiger partial charge is 0.213 e. The van der Waals surface area contributed by atoms with Gasteiger partial charge in [-0.2, -0.15) is 0 Å². The third-order valence-electron chi connectivity index (χ3n) is 1.94. The van der Waals surface area contributed by atoms with Crippen molar-refractivity contribution in [3.63, 3.8) is 0 Å². The van der Waals surface area contributed by atoms with E-state index in [4.69, 9.17) is 10.5 Å². The van der Waals surface area contributed by atoms with E-state index < -0.39 is 10.0 Å². The summed E-state index contributed by atoms with van der Waals surface area (Å²) in [5.74, 6) is 0.113. The van der Waals surface area contributed by atoms with Gasteiger partial charge in [0, 0.05) is 13.6 Å². The summed E-state index contributed by atoms with van der Waals surface area (Å²) in [6, 6.07) is 0. The quantitative estimate of drug-likeness (QED) is 0.647. The zero-order chi connectivity index (χ0) is 11.9. The predicted octanol–water partition coefficient (Wildman–Crippen LogP) is 0.0218. The first-order valence-electron chi connectivity index (χ1n) is 5.16. The molecule has 0 saturated heterocycles. The Hall–Kier alpha value is -0.170. The van der Waals surface area contributed by atoms with Crippen LogP contribution in [0.15, 0.2) is 0 Å². The van der Waals surface area contributed by atoms with Crippen molar-refractivity contribution in [1.29, 1.82) is 0 Å². The van der Waals surface area contributed by atoms with Gasteiger partial charge in [0.15, 0.2) is 0 Å². The molecule has 2 N–H and O–H groups in total. The lowest BCUT2D eigenvalue weighted by Crippen LogP contribution is -2.33. The Morgan fingerprint density at radius 2 is 2.00 bits per heavy atom. The highest BCUT2D eigenvalue weighted by molar-refractivity contribution is 7.89. The van der Waals surface area contributed by atoms with Crippen molar-refractivity contribution >= 4 is 10.0 Å².